The van der Waals surface area contributed by atoms with Crippen LogP contribution in [0.4, 0.5) is 0 Å². The fourth-order valence-corrected chi connectivity index (χ4v) is 2.61. The van der Waals surface area contributed by atoms with E-state index in [0.29, 0.717) is 0 Å². The lowest BCUT2D eigenvalue weighted by Gasteiger charge is -2.41. The van der Waals surface area contributed by atoms with Crippen LogP contribution in [-0.4, -0.2) is 55.7 Å². The van der Waals surface area contributed by atoms with Gasteiger partial charge in [-0.2, -0.15) is 0 Å². The highest BCUT2D eigenvalue weighted by atomic mass is 16.5. The Morgan fingerprint density at radius 2 is 2.18 bits per heavy atom. The summed E-state index contributed by atoms with van der Waals surface area (Å²) in [6.07, 6.45) is 6.08. The number of rotatable bonds is 1. The number of nitrogens with zero attached hydrogens (tertiary/aromatic N) is 1. The third kappa shape index (κ3) is 2.13. The van der Waals surface area contributed by atoms with Crippen LogP contribution in [0.5, 0.6) is 0 Å². The Morgan fingerprint density at radius 3 is 3.00 bits per heavy atom. The van der Waals surface area contributed by atoms with Crippen molar-refractivity contribution in [1.29, 1.82) is 0 Å². The van der Waals surface area contributed by atoms with Gasteiger partial charge in [0, 0.05) is 31.9 Å². The van der Waals surface area contributed by atoms with Crippen LogP contribution in [0.15, 0.2) is 23.9 Å². The maximum absolute atomic E-state index is 11.3. The van der Waals surface area contributed by atoms with Crippen LogP contribution in [0.2, 0.25) is 0 Å². The van der Waals surface area contributed by atoms with Gasteiger partial charge in [0.1, 0.15) is 12.7 Å². The zero-order valence-corrected chi connectivity index (χ0v) is 9.69. The standard InChI is InChI=1S/C12H17N3O2/c16-11-8-17-12-9(14-11)2-1-3-10(12)15-6-4-13-5-7-15/h1-3,10,12-13H,4-8H2,(H,14,16). The van der Waals surface area contributed by atoms with Crippen LogP contribution >= 0.6 is 0 Å². The summed E-state index contributed by atoms with van der Waals surface area (Å²) in [6.45, 7) is 4.25. The fourth-order valence-electron chi connectivity index (χ4n) is 2.61. The van der Waals surface area contributed by atoms with E-state index in [1.165, 1.54) is 0 Å². The molecule has 0 aromatic carbocycles. The summed E-state index contributed by atoms with van der Waals surface area (Å²) in [4.78, 5) is 13.7. The molecule has 92 valence electrons. The minimum atomic E-state index is -0.0538. The first kappa shape index (κ1) is 11.0. The smallest absolute Gasteiger partial charge is 0.250 e. The largest absolute Gasteiger partial charge is 0.360 e. The molecule has 2 saturated heterocycles. The van der Waals surface area contributed by atoms with Crippen LogP contribution in [0.3, 0.4) is 0 Å². The Morgan fingerprint density at radius 1 is 1.35 bits per heavy atom. The molecule has 3 aliphatic rings. The van der Waals surface area contributed by atoms with Crippen molar-refractivity contribution in [3.63, 3.8) is 0 Å². The van der Waals surface area contributed by atoms with Gasteiger partial charge in [0.2, 0.25) is 5.91 Å². The van der Waals surface area contributed by atoms with Gasteiger partial charge in [-0.3, -0.25) is 9.69 Å². The Labute approximate surface area is 100 Å². The summed E-state index contributed by atoms with van der Waals surface area (Å²) < 4.78 is 5.67. The Kier molecular flexibility index (Phi) is 2.96. The van der Waals surface area contributed by atoms with E-state index in [0.717, 1.165) is 31.9 Å². The molecule has 0 radical (unpaired) electrons. The van der Waals surface area contributed by atoms with Gasteiger partial charge in [0.25, 0.3) is 0 Å². The lowest BCUT2D eigenvalue weighted by Crippen LogP contribution is -2.56. The second kappa shape index (κ2) is 4.60. The molecule has 1 amide bonds. The molecular weight excluding hydrogens is 218 g/mol. The van der Waals surface area contributed by atoms with Crippen LogP contribution in [0.25, 0.3) is 0 Å². The molecule has 0 saturated carbocycles. The number of fused-ring (bicyclic) bond motifs is 1. The van der Waals surface area contributed by atoms with Gasteiger partial charge < -0.3 is 15.4 Å². The summed E-state index contributed by atoms with van der Waals surface area (Å²) in [5.41, 5.74) is 0.896. The number of amides is 1. The number of hydrogen-bond donors (Lipinski definition) is 2. The first-order valence-electron chi connectivity index (χ1n) is 6.09. The lowest BCUT2D eigenvalue weighted by atomic mass is 9.98. The fraction of sp³-hybridized carbons (Fsp3) is 0.583. The third-order valence-electron chi connectivity index (χ3n) is 3.45. The minimum Gasteiger partial charge on any atom is -0.360 e. The molecule has 2 N–H and O–H groups in total. The molecule has 2 heterocycles. The van der Waals surface area contributed by atoms with Gasteiger partial charge in [0.15, 0.2) is 0 Å². The van der Waals surface area contributed by atoms with E-state index in [4.69, 9.17) is 4.74 Å². The zero-order chi connectivity index (χ0) is 11.7. The predicted octanol–water partition coefficient (Wildman–Crippen LogP) is -0.771. The first-order valence-corrected chi connectivity index (χ1v) is 6.09. The number of nitrogens with one attached hydrogen (secondary N) is 2. The van der Waals surface area contributed by atoms with E-state index in [1.807, 2.05) is 12.2 Å². The van der Waals surface area contributed by atoms with Crippen LogP contribution in [0.1, 0.15) is 0 Å². The van der Waals surface area contributed by atoms with Crippen molar-refractivity contribution in [2.45, 2.75) is 12.1 Å². The van der Waals surface area contributed by atoms with Gasteiger partial charge >= 0.3 is 0 Å². The van der Waals surface area contributed by atoms with E-state index in [2.05, 4.69) is 21.6 Å². The zero-order valence-electron chi connectivity index (χ0n) is 9.69. The van der Waals surface area contributed by atoms with Crippen molar-refractivity contribution in [1.82, 2.24) is 15.5 Å². The van der Waals surface area contributed by atoms with Gasteiger partial charge in [-0.1, -0.05) is 12.2 Å². The van der Waals surface area contributed by atoms with Crippen LogP contribution in [0, 0.1) is 0 Å². The highest BCUT2D eigenvalue weighted by Crippen LogP contribution is 2.22. The first-order chi connectivity index (χ1) is 8.34. The van der Waals surface area contributed by atoms with E-state index in [-0.39, 0.29) is 24.7 Å². The monoisotopic (exact) mass is 235 g/mol. The second-order valence-electron chi connectivity index (χ2n) is 4.56. The summed E-state index contributed by atoms with van der Waals surface area (Å²) >= 11 is 0. The normalized spacial score (nSPS) is 33.9. The topological polar surface area (TPSA) is 53.6 Å². The number of ether oxygens (including phenoxy) is 1. The maximum Gasteiger partial charge on any atom is 0.250 e. The van der Waals surface area contributed by atoms with Crippen LogP contribution in [-0.2, 0) is 9.53 Å². The quantitative estimate of drug-likeness (QED) is 0.626. The van der Waals surface area contributed by atoms with Crippen molar-refractivity contribution in [3.8, 4) is 0 Å². The summed E-state index contributed by atoms with van der Waals surface area (Å²) in [6, 6.07) is 0.248. The lowest BCUT2D eigenvalue weighted by molar-refractivity contribution is -0.132. The molecule has 5 nitrogen and oxygen atoms in total. The molecule has 2 fully saturated rings. The number of allylic oxidation sites excluding steroid dienone is 2. The van der Waals surface area contributed by atoms with E-state index in [9.17, 15) is 4.79 Å². The van der Waals surface area contributed by atoms with E-state index < -0.39 is 0 Å². The summed E-state index contributed by atoms with van der Waals surface area (Å²) in [5.74, 6) is -0.0538. The molecule has 5 heteroatoms. The minimum absolute atomic E-state index is 0.0178. The number of hydrogen-bond acceptors (Lipinski definition) is 4. The SMILES string of the molecule is O=C1COC2C(=CC=CC2N2CCNCC2)N1. The Bertz CT molecular complexity index is 372. The second-order valence-corrected chi connectivity index (χ2v) is 4.56. The van der Waals surface area contributed by atoms with Gasteiger partial charge in [-0.05, 0) is 6.08 Å². The van der Waals surface area contributed by atoms with Crippen molar-refractivity contribution in [2.24, 2.45) is 0 Å². The molecule has 0 bridgehead atoms. The average molecular weight is 235 g/mol. The molecule has 2 atom stereocenters. The molecule has 3 rings (SSSR count). The number of morpholine rings is 1. The van der Waals surface area contributed by atoms with Crippen molar-refractivity contribution in [2.75, 3.05) is 32.8 Å². The third-order valence-corrected chi connectivity index (χ3v) is 3.45. The molecule has 0 aromatic heterocycles. The number of carbonyl (C=O) groups excluding carboxylic acids is 1. The van der Waals surface area contributed by atoms with Crippen LogP contribution < -0.4 is 10.6 Å². The van der Waals surface area contributed by atoms with Crippen molar-refractivity contribution < 1.29 is 9.53 Å². The molecule has 2 aliphatic heterocycles. The average Bonchev–Trinajstić information content (AvgIpc) is 2.39. The Hall–Kier alpha value is -1.17. The highest BCUT2D eigenvalue weighted by Gasteiger charge is 2.35. The number of piperazine rings is 1. The van der Waals surface area contributed by atoms with Crippen molar-refractivity contribution >= 4 is 5.91 Å². The molecule has 0 spiro atoms. The molecule has 0 aromatic rings. The highest BCUT2D eigenvalue weighted by molar-refractivity contribution is 5.80. The molecule has 2 unspecified atom stereocenters. The Balaban J connectivity index is 1.76. The summed E-state index contributed by atoms with van der Waals surface area (Å²) in [5, 5.41) is 6.23. The van der Waals surface area contributed by atoms with E-state index >= 15 is 0 Å². The predicted molar refractivity (Wildman–Crippen MR) is 63.3 cm³/mol. The molecular formula is C12H17N3O2. The van der Waals surface area contributed by atoms with Gasteiger partial charge in [-0.15, -0.1) is 0 Å². The summed E-state index contributed by atoms with van der Waals surface area (Å²) in [7, 11) is 0. The maximum atomic E-state index is 11.3. The van der Waals surface area contributed by atoms with Gasteiger partial charge in [0.05, 0.1) is 6.04 Å². The van der Waals surface area contributed by atoms with Crippen molar-refractivity contribution in [3.05, 3.63) is 23.9 Å². The number of carbonyl (C=O) groups is 1. The molecule has 1 aliphatic carbocycles. The van der Waals surface area contributed by atoms with Gasteiger partial charge in [-0.25, -0.2) is 0 Å². The van der Waals surface area contributed by atoms with E-state index in [1.54, 1.807) is 0 Å². The molecule has 17 heavy (non-hydrogen) atoms.